The monoisotopic (exact) mass is 1380 g/mol. The first kappa shape index (κ1) is 67.1. The van der Waals surface area contributed by atoms with Gasteiger partial charge in [-0.25, -0.2) is 0 Å². The Labute approximate surface area is 533 Å². The van der Waals surface area contributed by atoms with Crippen LogP contribution >= 0.6 is 0 Å². The standard InChI is InChI=1S/C70H30F24N4/c71-63(72,73)44-13-39(14-45(26-44)64(74,75)76)34-4-8-52-53-9-5-35(40-15-46(65(77,78)79)27-47(16-40)66(80,81)82)22-58(53)97(57(52)21-34)61-25-43(32-96)56(38-3-1-2-33(12-38)31-95)30-62(61)98-59-23-36(41-17-48(67(83,84)85)28-49(18-41)68(86,87)88)6-10-54(59)55-11-7-37(24-60(55)98)42-19-50(69(89,90)91)29-51(20-42)70(92,93)94/h1-30H. The van der Waals surface area contributed by atoms with Gasteiger partial charge in [0.1, 0.15) is 0 Å². The maximum Gasteiger partial charge on any atom is 0.416 e. The Hall–Kier alpha value is -10.9. The summed E-state index contributed by atoms with van der Waals surface area (Å²) >= 11 is 0. The van der Waals surface area contributed by atoms with E-state index >= 15 is 0 Å². The molecular weight excluding hydrogens is 1350 g/mol. The van der Waals surface area contributed by atoms with Crippen LogP contribution in [-0.2, 0) is 49.4 Å². The number of aromatic nitrogens is 2. The minimum absolute atomic E-state index is 0.00432. The van der Waals surface area contributed by atoms with E-state index in [0.29, 0.717) is 48.5 Å². The van der Waals surface area contributed by atoms with Gasteiger partial charge in [0.25, 0.3) is 0 Å². The summed E-state index contributed by atoms with van der Waals surface area (Å²) < 4.78 is 351. The Morgan fingerprint density at radius 3 is 0.724 bits per heavy atom. The molecule has 2 heterocycles. The van der Waals surface area contributed by atoms with Crippen molar-refractivity contribution in [3.05, 3.63) is 238 Å². The van der Waals surface area contributed by atoms with Crippen molar-refractivity contribution < 1.29 is 105 Å². The highest BCUT2D eigenvalue weighted by Crippen LogP contribution is 2.49. The molecule has 0 amide bonds. The Bertz CT molecular complexity index is 4970. The van der Waals surface area contributed by atoms with E-state index < -0.39 is 155 Å². The van der Waals surface area contributed by atoms with Crippen molar-refractivity contribution in [1.29, 1.82) is 10.5 Å². The molecule has 498 valence electrons. The van der Waals surface area contributed by atoms with E-state index in [1.165, 1.54) is 24.3 Å². The average molecular weight is 1380 g/mol. The number of nitrogens with zero attached hydrogens (tertiary/aromatic N) is 4. The largest absolute Gasteiger partial charge is 0.416 e. The van der Waals surface area contributed by atoms with Gasteiger partial charge in [-0.1, -0.05) is 60.7 Å². The third kappa shape index (κ3) is 12.5. The third-order valence-electron chi connectivity index (χ3n) is 16.2. The molecule has 0 N–H and O–H groups in total. The maximum atomic E-state index is 14.6. The summed E-state index contributed by atoms with van der Waals surface area (Å²) in [5.74, 6) is 0. The van der Waals surface area contributed by atoms with Crippen molar-refractivity contribution in [2.24, 2.45) is 0 Å². The van der Waals surface area contributed by atoms with Crippen LogP contribution in [0.3, 0.4) is 0 Å². The van der Waals surface area contributed by atoms with Gasteiger partial charge in [0, 0.05) is 27.1 Å². The summed E-state index contributed by atoms with van der Waals surface area (Å²) in [4.78, 5) is 0. The number of rotatable bonds is 7. The van der Waals surface area contributed by atoms with Crippen molar-refractivity contribution in [3.63, 3.8) is 0 Å². The van der Waals surface area contributed by atoms with Gasteiger partial charge in [0.15, 0.2) is 0 Å². The second-order valence-electron chi connectivity index (χ2n) is 22.5. The molecule has 0 aliphatic rings. The number of benzene rings is 10. The van der Waals surface area contributed by atoms with Crippen molar-refractivity contribution >= 4 is 43.6 Å². The molecule has 0 saturated carbocycles. The van der Waals surface area contributed by atoms with Crippen molar-refractivity contribution in [3.8, 4) is 79.1 Å². The zero-order chi connectivity index (χ0) is 71.1. The molecule has 12 rings (SSSR count). The van der Waals surface area contributed by atoms with Gasteiger partial charge in [0.2, 0.25) is 0 Å². The average Bonchev–Trinajstić information content (AvgIpc) is 1.55. The molecule has 0 fully saturated rings. The molecule has 0 bridgehead atoms. The molecule has 0 aliphatic carbocycles. The molecule has 10 aromatic carbocycles. The van der Waals surface area contributed by atoms with E-state index in [4.69, 9.17) is 0 Å². The molecule has 0 aliphatic heterocycles. The van der Waals surface area contributed by atoms with Gasteiger partial charge in [-0.15, -0.1) is 0 Å². The lowest BCUT2D eigenvalue weighted by Crippen LogP contribution is -2.11. The number of nitriles is 2. The number of halogens is 24. The normalized spacial score (nSPS) is 13.1. The number of fused-ring (bicyclic) bond motifs is 6. The van der Waals surface area contributed by atoms with E-state index in [1.54, 1.807) is 0 Å². The van der Waals surface area contributed by atoms with Gasteiger partial charge >= 0.3 is 49.4 Å². The highest BCUT2D eigenvalue weighted by atomic mass is 19.4. The Morgan fingerprint density at radius 1 is 0.235 bits per heavy atom. The molecule has 0 saturated heterocycles. The highest BCUT2D eigenvalue weighted by molar-refractivity contribution is 6.14. The summed E-state index contributed by atoms with van der Waals surface area (Å²) in [5.41, 5.74) is -22.2. The van der Waals surface area contributed by atoms with E-state index in [0.717, 1.165) is 94.1 Å². The Morgan fingerprint density at radius 2 is 0.490 bits per heavy atom. The fourth-order valence-electron chi connectivity index (χ4n) is 11.8. The van der Waals surface area contributed by atoms with Crippen LogP contribution < -0.4 is 0 Å². The molecule has 28 heteroatoms. The lowest BCUT2D eigenvalue weighted by molar-refractivity contribution is -0.144. The fourth-order valence-corrected chi connectivity index (χ4v) is 11.8. The smallest absolute Gasteiger partial charge is 0.307 e. The van der Waals surface area contributed by atoms with E-state index in [9.17, 15) is 116 Å². The first-order valence-electron chi connectivity index (χ1n) is 27.9. The van der Waals surface area contributed by atoms with Crippen LogP contribution in [0.2, 0.25) is 0 Å². The molecule has 0 unspecified atom stereocenters. The molecule has 0 atom stereocenters. The quantitative estimate of drug-likeness (QED) is 0.149. The number of alkyl halides is 24. The van der Waals surface area contributed by atoms with Gasteiger partial charge < -0.3 is 9.13 Å². The second-order valence-corrected chi connectivity index (χ2v) is 22.5. The predicted molar refractivity (Wildman–Crippen MR) is 312 cm³/mol. The van der Waals surface area contributed by atoms with Gasteiger partial charge in [-0.2, -0.15) is 116 Å². The highest BCUT2D eigenvalue weighted by Gasteiger charge is 2.42. The Kier molecular flexibility index (Phi) is 15.7. The topological polar surface area (TPSA) is 57.4 Å². The number of hydrogen-bond donors (Lipinski definition) is 0. The zero-order valence-corrected chi connectivity index (χ0v) is 48.2. The molecule has 4 nitrogen and oxygen atoms in total. The lowest BCUT2D eigenvalue weighted by atomic mass is 9.96. The molecular formula is C70H30F24N4. The van der Waals surface area contributed by atoms with Crippen LogP contribution in [0, 0.1) is 22.7 Å². The van der Waals surface area contributed by atoms with Crippen LogP contribution in [0.15, 0.2) is 182 Å². The summed E-state index contributed by atoms with van der Waals surface area (Å²) in [5, 5.41) is 21.0. The zero-order valence-electron chi connectivity index (χ0n) is 48.2. The summed E-state index contributed by atoms with van der Waals surface area (Å²) in [6, 6.07) is 26.3. The van der Waals surface area contributed by atoms with Gasteiger partial charge in [-0.05, 0) is 171 Å². The van der Waals surface area contributed by atoms with E-state index in [1.807, 2.05) is 12.1 Å². The lowest BCUT2D eigenvalue weighted by Gasteiger charge is -2.21. The van der Waals surface area contributed by atoms with E-state index in [-0.39, 0.29) is 84.6 Å². The minimum Gasteiger partial charge on any atom is -0.307 e. The first-order valence-corrected chi connectivity index (χ1v) is 27.9. The first-order chi connectivity index (χ1) is 45.5. The van der Waals surface area contributed by atoms with Crippen LogP contribution in [0.25, 0.3) is 111 Å². The summed E-state index contributed by atoms with van der Waals surface area (Å²) in [7, 11) is 0. The van der Waals surface area contributed by atoms with Crippen molar-refractivity contribution in [2.45, 2.75) is 49.4 Å². The summed E-state index contributed by atoms with van der Waals surface area (Å²) in [6.07, 6.45) is -43.5. The van der Waals surface area contributed by atoms with E-state index in [2.05, 4.69) is 0 Å². The fraction of sp³-hybridized carbons (Fsp3) is 0.114. The summed E-state index contributed by atoms with van der Waals surface area (Å²) in [6.45, 7) is 0. The molecule has 12 aromatic rings. The van der Waals surface area contributed by atoms with Crippen LogP contribution in [-0.4, -0.2) is 9.13 Å². The van der Waals surface area contributed by atoms with Gasteiger partial charge in [0.05, 0.1) is 101 Å². The Balaban J connectivity index is 1.29. The SMILES string of the molecule is N#Cc1cccc(-c2cc(-n3c4cc(-c5cc(C(F)(F)F)cc(C(F)(F)F)c5)ccc4c4ccc(-c5cc(C(F)(F)F)cc(C(F)(F)F)c5)cc43)c(-n3c4cc(-c5cc(C(F)(F)F)cc(C(F)(F)F)c5)ccc4c4ccc(-c5cc(C(F)(F)F)cc(C(F)(F)F)c5)cc43)cc2C#N)c1. The van der Waals surface area contributed by atoms with Crippen LogP contribution in [0.4, 0.5) is 105 Å². The van der Waals surface area contributed by atoms with Crippen molar-refractivity contribution in [2.75, 3.05) is 0 Å². The molecule has 0 spiro atoms. The maximum absolute atomic E-state index is 14.6. The second kappa shape index (κ2) is 22.9. The molecule has 98 heavy (non-hydrogen) atoms. The minimum atomic E-state index is -5.44. The molecule has 0 radical (unpaired) electrons. The molecule has 2 aromatic heterocycles. The van der Waals surface area contributed by atoms with Crippen LogP contribution in [0.5, 0.6) is 0 Å². The third-order valence-corrected chi connectivity index (χ3v) is 16.2. The van der Waals surface area contributed by atoms with Crippen molar-refractivity contribution in [1.82, 2.24) is 9.13 Å². The van der Waals surface area contributed by atoms with Gasteiger partial charge in [-0.3, -0.25) is 0 Å². The predicted octanol–water partition coefficient (Wildman–Crippen LogP) is 24.1. The number of hydrogen-bond acceptors (Lipinski definition) is 2. The van der Waals surface area contributed by atoms with Crippen LogP contribution in [0.1, 0.15) is 55.6 Å².